The summed E-state index contributed by atoms with van der Waals surface area (Å²) >= 11 is 0. The van der Waals surface area contributed by atoms with E-state index >= 15 is 0 Å². The van der Waals surface area contributed by atoms with Crippen molar-refractivity contribution in [1.29, 1.82) is 0 Å². The second-order valence-corrected chi connectivity index (χ2v) is 8.26. The van der Waals surface area contributed by atoms with Gasteiger partial charge in [0, 0.05) is 42.1 Å². The van der Waals surface area contributed by atoms with Crippen LogP contribution in [-0.4, -0.2) is 39.5 Å². The van der Waals surface area contributed by atoms with Crippen molar-refractivity contribution in [2.45, 2.75) is 38.1 Å². The van der Waals surface area contributed by atoms with Crippen LogP contribution in [0, 0.1) is 0 Å². The van der Waals surface area contributed by atoms with Crippen LogP contribution in [0.1, 0.15) is 38.3 Å². The van der Waals surface area contributed by atoms with E-state index in [4.69, 9.17) is 4.42 Å². The quantitative estimate of drug-likeness (QED) is 0.672. The molecule has 5 rings (SSSR count). The summed E-state index contributed by atoms with van der Waals surface area (Å²) < 4.78 is 6.03. The molecule has 1 aromatic carbocycles. The largest absolute Gasteiger partial charge is 0.423 e. The summed E-state index contributed by atoms with van der Waals surface area (Å²) in [5, 5.41) is 6.16. The van der Waals surface area contributed by atoms with Crippen molar-refractivity contribution in [3.05, 3.63) is 48.4 Å². The first-order valence-electron chi connectivity index (χ1n) is 10.2. The maximum atomic E-state index is 12.2. The molecule has 1 amide bonds. The summed E-state index contributed by atoms with van der Waals surface area (Å²) in [6, 6.07) is 10.3. The normalized spacial score (nSPS) is 18.2. The zero-order valence-corrected chi connectivity index (χ0v) is 17.1. The molecule has 0 atom stereocenters. The number of aromatic nitrogens is 3. The number of anilines is 3. The van der Waals surface area contributed by atoms with Crippen LogP contribution < -0.4 is 15.5 Å². The van der Waals surface area contributed by atoms with Gasteiger partial charge in [0.2, 0.25) is 11.9 Å². The number of hydrogen-bond donors (Lipinski definition) is 2. The highest BCUT2D eigenvalue weighted by molar-refractivity contribution is 5.89. The van der Waals surface area contributed by atoms with Gasteiger partial charge in [-0.05, 0) is 44.9 Å². The van der Waals surface area contributed by atoms with E-state index in [1.165, 1.54) is 12.8 Å². The lowest BCUT2D eigenvalue weighted by molar-refractivity contribution is -0.126. The van der Waals surface area contributed by atoms with E-state index in [-0.39, 0.29) is 5.91 Å². The minimum atomic E-state index is -0.715. The van der Waals surface area contributed by atoms with Crippen molar-refractivity contribution in [3.8, 4) is 11.3 Å². The second kappa shape index (κ2) is 7.12. The molecule has 0 spiro atoms. The SMILES string of the molecule is CC1(C)C(=O)NCCN1c1ncc(-c2cccc(Nc3nccc(C4CC4)n3)c2)o1. The number of piperazine rings is 1. The molecule has 3 aromatic rings. The van der Waals surface area contributed by atoms with Gasteiger partial charge in [-0.2, -0.15) is 0 Å². The molecule has 1 aliphatic carbocycles. The summed E-state index contributed by atoms with van der Waals surface area (Å²) in [6.45, 7) is 4.95. The van der Waals surface area contributed by atoms with Gasteiger partial charge in [0.1, 0.15) is 5.54 Å². The van der Waals surface area contributed by atoms with Crippen LogP contribution in [0.4, 0.5) is 17.7 Å². The number of amides is 1. The molecule has 0 bridgehead atoms. The van der Waals surface area contributed by atoms with Gasteiger partial charge in [-0.3, -0.25) is 4.79 Å². The van der Waals surface area contributed by atoms with E-state index in [1.807, 2.05) is 49.1 Å². The van der Waals surface area contributed by atoms with E-state index in [9.17, 15) is 4.79 Å². The fourth-order valence-electron chi connectivity index (χ4n) is 3.68. The zero-order valence-electron chi connectivity index (χ0n) is 17.1. The predicted molar refractivity (Wildman–Crippen MR) is 114 cm³/mol. The molecule has 8 nitrogen and oxygen atoms in total. The fraction of sp³-hybridized carbons (Fsp3) is 0.364. The number of nitrogens with zero attached hydrogens (tertiary/aromatic N) is 4. The van der Waals surface area contributed by atoms with Crippen molar-refractivity contribution in [1.82, 2.24) is 20.3 Å². The maximum Gasteiger partial charge on any atom is 0.298 e. The first kappa shape index (κ1) is 18.6. The second-order valence-electron chi connectivity index (χ2n) is 8.26. The highest BCUT2D eigenvalue weighted by Crippen LogP contribution is 2.39. The molecule has 154 valence electrons. The van der Waals surface area contributed by atoms with Crippen LogP contribution in [0.2, 0.25) is 0 Å². The summed E-state index contributed by atoms with van der Waals surface area (Å²) in [4.78, 5) is 27.5. The van der Waals surface area contributed by atoms with E-state index in [1.54, 1.807) is 12.4 Å². The number of oxazole rings is 1. The molecule has 2 aromatic heterocycles. The van der Waals surface area contributed by atoms with E-state index in [0.29, 0.717) is 36.7 Å². The Balaban J connectivity index is 1.37. The van der Waals surface area contributed by atoms with Gasteiger partial charge in [-0.1, -0.05) is 12.1 Å². The van der Waals surface area contributed by atoms with Gasteiger partial charge in [0.25, 0.3) is 6.01 Å². The summed E-state index contributed by atoms with van der Waals surface area (Å²) in [5.74, 6) is 1.78. The summed E-state index contributed by atoms with van der Waals surface area (Å²) in [7, 11) is 0. The Labute approximate surface area is 174 Å². The lowest BCUT2D eigenvalue weighted by Gasteiger charge is -2.40. The molecule has 0 unspecified atom stereocenters. The smallest absolute Gasteiger partial charge is 0.298 e. The van der Waals surface area contributed by atoms with Gasteiger partial charge >= 0.3 is 0 Å². The highest BCUT2D eigenvalue weighted by atomic mass is 16.4. The minimum absolute atomic E-state index is 0.0341. The molecular formula is C22H24N6O2. The van der Waals surface area contributed by atoms with E-state index in [2.05, 4.69) is 25.6 Å². The van der Waals surface area contributed by atoms with Gasteiger partial charge in [0.15, 0.2) is 5.76 Å². The number of rotatable bonds is 5. The average molecular weight is 404 g/mol. The third kappa shape index (κ3) is 3.49. The molecule has 2 fully saturated rings. The van der Waals surface area contributed by atoms with E-state index in [0.717, 1.165) is 16.9 Å². The third-order valence-electron chi connectivity index (χ3n) is 5.65. The number of hydrogen-bond acceptors (Lipinski definition) is 7. The zero-order chi connectivity index (χ0) is 20.7. The molecule has 2 N–H and O–H groups in total. The Hall–Kier alpha value is -3.42. The Kier molecular flexibility index (Phi) is 4.42. The fourth-order valence-corrected chi connectivity index (χ4v) is 3.68. The van der Waals surface area contributed by atoms with Crippen LogP contribution in [-0.2, 0) is 4.79 Å². The van der Waals surface area contributed by atoms with Crippen molar-refractivity contribution < 1.29 is 9.21 Å². The number of benzene rings is 1. The molecule has 3 heterocycles. The predicted octanol–water partition coefficient (Wildman–Crippen LogP) is 3.47. The highest BCUT2D eigenvalue weighted by Gasteiger charge is 2.40. The molecule has 8 heteroatoms. The molecular weight excluding hydrogens is 380 g/mol. The molecule has 1 aliphatic heterocycles. The molecule has 1 saturated carbocycles. The first-order chi connectivity index (χ1) is 14.5. The first-order valence-corrected chi connectivity index (χ1v) is 10.2. The Morgan fingerprint density at radius 2 is 2.10 bits per heavy atom. The van der Waals surface area contributed by atoms with Gasteiger partial charge in [-0.15, -0.1) is 0 Å². The summed E-state index contributed by atoms with van der Waals surface area (Å²) in [6.07, 6.45) is 5.90. The number of carbonyl (C=O) groups is 1. The van der Waals surface area contributed by atoms with Crippen molar-refractivity contribution >= 4 is 23.6 Å². The average Bonchev–Trinajstić information content (AvgIpc) is 3.48. The third-order valence-corrected chi connectivity index (χ3v) is 5.65. The Bertz CT molecular complexity index is 1090. The number of carbonyl (C=O) groups excluding carboxylic acids is 1. The van der Waals surface area contributed by atoms with Gasteiger partial charge in [0.05, 0.1) is 6.20 Å². The Morgan fingerprint density at radius 1 is 1.23 bits per heavy atom. The van der Waals surface area contributed by atoms with E-state index < -0.39 is 5.54 Å². The lowest BCUT2D eigenvalue weighted by Crippen LogP contribution is -2.62. The topological polar surface area (TPSA) is 96.2 Å². The van der Waals surface area contributed by atoms with Gasteiger partial charge in [-0.25, -0.2) is 15.0 Å². The van der Waals surface area contributed by atoms with Crippen LogP contribution in [0.3, 0.4) is 0 Å². The van der Waals surface area contributed by atoms with Crippen LogP contribution in [0.25, 0.3) is 11.3 Å². The standard InChI is InChI=1S/C22H24N6O2/c1-22(2)19(29)23-10-11-28(22)21-25-13-18(30-21)15-4-3-5-16(12-15)26-20-24-9-8-17(27-20)14-6-7-14/h3-5,8-9,12-14H,6-7,10-11H2,1-2H3,(H,23,29)(H,24,26,27). The maximum absolute atomic E-state index is 12.2. The molecule has 2 aliphatic rings. The van der Waals surface area contributed by atoms with Crippen LogP contribution in [0.5, 0.6) is 0 Å². The van der Waals surface area contributed by atoms with Crippen LogP contribution in [0.15, 0.2) is 47.1 Å². The van der Waals surface area contributed by atoms with Crippen molar-refractivity contribution in [2.75, 3.05) is 23.3 Å². The number of nitrogens with one attached hydrogen (secondary N) is 2. The molecule has 1 saturated heterocycles. The van der Waals surface area contributed by atoms with Crippen LogP contribution >= 0.6 is 0 Å². The van der Waals surface area contributed by atoms with Gasteiger partial charge < -0.3 is 20.0 Å². The monoisotopic (exact) mass is 404 g/mol. The molecule has 30 heavy (non-hydrogen) atoms. The van der Waals surface area contributed by atoms with Crippen molar-refractivity contribution in [3.63, 3.8) is 0 Å². The Morgan fingerprint density at radius 3 is 2.93 bits per heavy atom. The summed E-state index contributed by atoms with van der Waals surface area (Å²) in [5.41, 5.74) is 2.14. The minimum Gasteiger partial charge on any atom is -0.423 e. The lowest BCUT2D eigenvalue weighted by atomic mass is 10.00. The van der Waals surface area contributed by atoms with Crippen molar-refractivity contribution in [2.24, 2.45) is 0 Å². The molecule has 0 radical (unpaired) electrons.